The van der Waals surface area contributed by atoms with Gasteiger partial charge in [-0.15, -0.1) is 0 Å². The molecule has 0 unspecified atom stereocenters. The molecule has 0 bridgehead atoms. The number of nitriles is 1. The molecule has 0 amide bonds. The molecule has 4 aromatic rings. The van der Waals surface area contributed by atoms with Crippen LogP contribution in [0.4, 0.5) is 0 Å². The maximum absolute atomic E-state index is 9.04. The van der Waals surface area contributed by atoms with E-state index >= 15 is 0 Å². The van der Waals surface area contributed by atoms with Crippen LogP contribution < -0.4 is 0 Å². The smallest absolute Gasteiger partial charge is 0.0991 e. The van der Waals surface area contributed by atoms with Crippen molar-refractivity contribution in [3.8, 4) is 17.2 Å². The van der Waals surface area contributed by atoms with Crippen molar-refractivity contribution >= 4 is 21.5 Å². The lowest BCUT2D eigenvalue weighted by molar-refractivity contribution is 1.36. The molecule has 0 fully saturated rings. The summed E-state index contributed by atoms with van der Waals surface area (Å²) in [6.45, 7) is 4.34. The Morgan fingerprint density at radius 2 is 1.42 bits per heavy atom. The first kappa shape index (κ1) is 14.5. The maximum Gasteiger partial charge on any atom is 0.0991 e. The molecule has 1 heteroatoms. The molecular formula is C23H17N. The maximum atomic E-state index is 9.04. The summed E-state index contributed by atoms with van der Waals surface area (Å²) in [5.41, 5.74) is 5.70. The first-order valence-corrected chi connectivity index (χ1v) is 8.10. The SMILES string of the molecule is Cc1cc2cc3ccccc3cc2c(-c2ccc(C#N)cc2)c1C. The van der Waals surface area contributed by atoms with Crippen LogP contribution in [0.2, 0.25) is 0 Å². The lowest BCUT2D eigenvalue weighted by atomic mass is 9.89. The lowest BCUT2D eigenvalue weighted by Crippen LogP contribution is -1.91. The van der Waals surface area contributed by atoms with Crippen molar-refractivity contribution in [1.82, 2.24) is 0 Å². The summed E-state index contributed by atoms with van der Waals surface area (Å²) in [4.78, 5) is 0. The van der Waals surface area contributed by atoms with Crippen LogP contribution in [-0.4, -0.2) is 0 Å². The molecule has 0 radical (unpaired) electrons. The predicted molar refractivity (Wildman–Crippen MR) is 101 cm³/mol. The van der Waals surface area contributed by atoms with Gasteiger partial charge in [0.15, 0.2) is 0 Å². The fourth-order valence-electron chi connectivity index (χ4n) is 3.42. The Balaban J connectivity index is 2.10. The van der Waals surface area contributed by atoms with Crippen molar-refractivity contribution in [3.63, 3.8) is 0 Å². The Labute approximate surface area is 141 Å². The normalized spacial score (nSPS) is 10.9. The fraction of sp³-hybridized carbons (Fsp3) is 0.0870. The average Bonchev–Trinajstić information content (AvgIpc) is 2.62. The third-order valence-corrected chi connectivity index (χ3v) is 4.83. The van der Waals surface area contributed by atoms with Crippen LogP contribution in [0.1, 0.15) is 16.7 Å². The van der Waals surface area contributed by atoms with Crippen molar-refractivity contribution in [2.45, 2.75) is 13.8 Å². The number of fused-ring (bicyclic) bond motifs is 2. The van der Waals surface area contributed by atoms with E-state index in [0.29, 0.717) is 5.56 Å². The van der Waals surface area contributed by atoms with Gasteiger partial charge in [0.25, 0.3) is 0 Å². The summed E-state index contributed by atoms with van der Waals surface area (Å²) in [5, 5.41) is 14.1. The number of aryl methyl sites for hydroxylation is 1. The van der Waals surface area contributed by atoms with Gasteiger partial charge in [-0.05, 0) is 81.9 Å². The standard InChI is InChI=1S/C23H17N/c1-15-11-21-12-19-5-3-4-6-20(19)13-22(21)23(16(15)2)18-9-7-17(14-24)8-10-18/h3-13H,1-2H3. The molecule has 0 aromatic heterocycles. The van der Waals surface area contributed by atoms with E-state index in [1.807, 2.05) is 12.1 Å². The Morgan fingerprint density at radius 3 is 2.08 bits per heavy atom. The van der Waals surface area contributed by atoms with E-state index in [0.717, 1.165) is 5.56 Å². The van der Waals surface area contributed by atoms with Gasteiger partial charge in [-0.2, -0.15) is 5.26 Å². The van der Waals surface area contributed by atoms with Crippen LogP contribution in [0.3, 0.4) is 0 Å². The van der Waals surface area contributed by atoms with E-state index in [2.05, 4.69) is 74.5 Å². The highest BCUT2D eigenvalue weighted by molar-refractivity contribution is 6.06. The molecular weight excluding hydrogens is 290 g/mol. The summed E-state index contributed by atoms with van der Waals surface area (Å²) in [6, 6.07) is 25.4. The van der Waals surface area contributed by atoms with Gasteiger partial charge >= 0.3 is 0 Å². The summed E-state index contributed by atoms with van der Waals surface area (Å²) < 4.78 is 0. The molecule has 0 saturated carbocycles. The van der Waals surface area contributed by atoms with E-state index in [1.54, 1.807) is 0 Å². The molecule has 0 aliphatic carbocycles. The van der Waals surface area contributed by atoms with Gasteiger partial charge in [0.05, 0.1) is 11.6 Å². The Morgan fingerprint density at radius 1 is 0.750 bits per heavy atom. The first-order valence-electron chi connectivity index (χ1n) is 8.10. The second-order valence-electron chi connectivity index (χ2n) is 6.30. The third-order valence-electron chi connectivity index (χ3n) is 4.83. The largest absolute Gasteiger partial charge is 0.192 e. The molecule has 0 heterocycles. The molecule has 4 rings (SSSR count). The third kappa shape index (κ3) is 2.25. The van der Waals surface area contributed by atoms with Gasteiger partial charge in [0.2, 0.25) is 0 Å². The molecule has 114 valence electrons. The zero-order chi connectivity index (χ0) is 16.7. The first-order chi connectivity index (χ1) is 11.7. The highest BCUT2D eigenvalue weighted by Crippen LogP contribution is 2.36. The number of hydrogen-bond donors (Lipinski definition) is 0. The molecule has 1 nitrogen and oxygen atoms in total. The van der Waals surface area contributed by atoms with Crippen LogP contribution >= 0.6 is 0 Å². The van der Waals surface area contributed by atoms with E-state index in [1.165, 1.54) is 38.2 Å². The van der Waals surface area contributed by atoms with Crippen LogP contribution in [0.25, 0.3) is 32.7 Å². The second-order valence-corrected chi connectivity index (χ2v) is 6.30. The fourth-order valence-corrected chi connectivity index (χ4v) is 3.42. The minimum absolute atomic E-state index is 0.693. The molecule has 24 heavy (non-hydrogen) atoms. The summed E-state index contributed by atoms with van der Waals surface area (Å²) in [6.07, 6.45) is 0. The molecule has 0 N–H and O–H groups in total. The van der Waals surface area contributed by atoms with Crippen LogP contribution in [-0.2, 0) is 0 Å². The van der Waals surface area contributed by atoms with Crippen LogP contribution in [0.15, 0.2) is 66.7 Å². The molecule has 0 aliphatic rings. The van der Waals surface area contributed by atoms with Crippen LogP contribution in [0, 0.1) is 25.2 Å². The minimum Gasteiger partial charge on any atom is -0.192 e. The van der Waals surface area contributed by atoms with Crippen molar-refractivity contribution in [1.29, 1.82) is 5.26 Å². The van der Waals surface area contributed by atoms with Crippen molar-refractivity contribution in [2.24, 2.45) is 0 Å². The average molecular weight is 307 g/mol. The second kappa shape index (κ2) is 5.51. The van der Waals surface area contributed by atoms with Gasteiger partial charge in [0, 0.05) is 0 Å². The Hall–Kier alpha value is -3.11. The van der Waals surface area contributed by atoms with Crippen molar-refractivity contribution in [2.75, 3.05) is 0 Å². The van der Waals surface area contributed by atoms with Gasteiger partial charge in [-0.1, -0.05) is 42.5 Å². The number of nitrogens with zero attached hydrogens (tertiary/aromatic N) is 1. The lowest BCUT2D eigenvalue weighted by Gasteiger charge is -2.15. The van der Waals surface area contributed by atoms with Crippen molar-refractivity contribution in [3.05, 3.63) is 83.4 Å². The monoisotopic (exact) mass is 307 g/mol. The molecule has 0 saturated heterocycles. The van der Waals surface area contributed by atoms with E-state index in [-0.39, 0.29) is 0 Å². The highest BCUT2D eigenvalue weighted by Gasteiger charge is 2.11. The number of rotatable bonds is 1. The van der Waals surface area contributed by atoms with Gasteiger partial charge in [0.1, 0.15) is 0 Å². The zero-order valence-electron chi connectivity index (χ0n) is 13.8. The zero-order valence-corrected chi connectivity index (χ0v) is 13.8. The summed E-state index contributed by atoms with van der Waals surface area (Å²) >= 11 is 0. The minimum atomic E-state index is 0.693. The highest BCUT2D eigenvalue weighted by atomic mass is 14.2. The molecule has 4 aromatic carbocycles. The van der Waals surface area contributed by atoms with Gasteiger partial charge < -0.3 is 0 Å². The van der Waals surface area contributed by atoms with Gasteiger partial charge in [-0.3, -0.25) is 0 Å². The molecule has 0 atom stereocenters. The van der Waals surface area contributed by atoms with Crippen LogP contribution in [0.5, 0.6) is 0 Å². The summed E-state index contributed by atoms with van der Waals surface area (Å²) in [5.74, 6) is 0. The number of benzene rings is 4. The Kier molecular flexibility index (Phi) is 3.32. The van der Waals surface area contributed by atoms with Gasteiger partial charge in [-0.25, -0.2) is 0 Å². The molecule has 0 spiro atoms. The van der Waals surface area contributed by atoms with E-state index in [4.69, 9.17) is 5.26 Å². The van der Waals surface area contributed by atoms with Crippen molar-refractivity contribution < 1.29 is 0 Å². The Bertz CT molecular complexity index is 1110. The molecule has 0 aliphatic heterocycles. The van der Waals surface area contributed by atoms with E-state index in [9.17, 15) is 0 Å². The quantitative estimate of drug-likeness (QED) is 0.387. The topological polar surface area (TPSA) is 23.8 Å². The number of hydrogen-bond acceptors (Lipinski definition) is 1. The predicted octanol–water partition coefficient (Wildman–Crippen LogP) is 6.15. The van der Waals surface area contributed by atoms with E-state index < -0.39 is 0 Å². The summed E-state index contributed by atoms with van der Waals surface area (Å²) in [7, 11) is 0.